The van der Waals surface area contributed by atoms with Crippen molar-refractivity contribution in [2.45, 2.75) is 59.6 Å². The molecule has 1 N–H and O–H groups in total. The molecule has 0 atom stereocenters. The first-order chi connectivity index (χ1) is 16.7. The topological polar surface area (TPSA) is 66.8 Å². The molecule has 5 nitrogen and oxygen atoms in total. The van der Waals surface area contributed by atoms with Gasteiger partial charge in [-0.25, -0.2) is 9.59 Å². The summed E-state index contributed by atoms with van der Waals surface area (Å²) in [5.74, 6) is -1.23. The Morgan fingerprint density at radius 2 is 1.71 bits per heavy atom. The molecule has 0 radical (unpaired) electrons. The highest BCUT2D eigenvalue weighted by molar-refractivity contribution is 5.97. The SMILES string of the molecule is CC.CC(C)(C)OC(=O)c1ccccc1-c1cccc(CN2CCCc3cc(C(=O)O)ccc32)c1. The Hall–Kier alpha value is -3.60. The highest BCUT2D eigenvalue weighted by Gasteiger charge is 2.22. The molecule has 5 heteroatoms. The predicted molar refractivity (Wildman–Crippen MR) is 141 cm³/mol. The maximum Gasteiger partial charge on any atom is 0.339 e. The van der Waals surface area contributed by atoms with E-state index in [2.05, 4.69) is 17.0 Å². The van der Waals surface area contributed by atoms with Crippen molar-refractivity contribution < 1.29 is 19.4 Å². The van der Waals surface area contributed by atoms with E-state index < -0.39 is 11.6 Å². The fourth-order valence-electron chi connectivity index (χ4n) is 4.28. The van der Waals surface area contributed by atoms with Gasteiger partial charge in [0, 0.05) is 18.8 Å². The summed E-state index contributed by atoms with van der Waals surface area (Å²) in [6.07, 6.45) is 1.87. The zero-order chi connectivity index (χ0) is 25.6. The van der Waals surface area contributed by atoms with Crippen LogP contribution in [-0.2, 0) is 17.7 Å². The third-order valence-electron chi connectivity index (χ3n) is 5.70. The molecule has 0 spiro atoms. The first kappa shape index (κ1) is 26.0. The van der Waals surface area contributed by atoms with Crippen molar-refractivity contribution in [3.05, 3.63) is 89.0 Å². The number of ether oxygens (including phenoxy) is 1. The molecular formula is C30H35NO4. The molecule has 0 fully saturated rings. The second-order valence-electron chi connectivity index (χ2n) is 9.42. The number of nitrogens with zero attached hydrogens (tertiary/aromatic N) is 1. The minimum Gasteiger partial charge on any atom is -0.478 e. The van der Waals surface area contributed by atoms with E-state index in [-0.39, 0.29) is 5.97 Å². The lowest BCUT2D eigenvalue weighted by Gasteiger charge is -2.31. The number of rotatable bonds is 5. The van der Waals surface area contributed by atoms with Crippen LogP contribution in [-0.4, -0.2) is 29.2 Å². The van der Waals surface area contributed by atoms with Crippen molar-refractivity contribution in [2.75, 3.05) is 11.4 Å². The van der Waals surface area contributed by atoms with Gasteiger partial charge in [0.05, 0.1) is 11.1 Å². The number of hydrogen-bond donors (Lipinski definition) is 1. The molecule has 0 aliphatic carbocycles. The zero-order valence-electron chi connectivity index (χ0n) is 21.3. The van der Waals surface area contributed by atoms with E-state index in [1.54, 1.807) is 18.2 Å². The van der Waals surface area contributed by atoms with E-state index in [1.165, 1.54) is 0 Å². The van der Waals surface area contributed by atoms with E-state index in [1.807, 2.05) is 71.0 Å². The second-order valence-corrected chi connectivity index (χ2v) is 9.42. The van der Waals surface area contributed by atoms with Gasteiger partial charge in [-0.3, -0.25) is 0 Å². The molecule has 0 saturated carbocycles. The molecule has 184 valence electrons. The molecule has 1 aliphatic rings. The van der Waals surface area contributed by atoms with Crippen LogP contribution >= 0.6 is 0 Å². The number of carboxylic acid groups (broad SMARTS) is 1. The van der Waals surface area contributed by atoms with Crippen LogP contribution in [0.4, 0.5) is 5.69 Å². The first-order valence-electron chi connectivity index (χ1n) is 12.2. The minimum atomic E-state index is -0.897. The summed E-state index contributed by atoms with van der Waals surface area (Å²) < 4.78 is 5.61. The Morgan fingerprint density at radius 3 is 2.43 bits per heavy atom. The average molecular weight is 474 g/mol. The Balaban J connectivity index is 0.00000167. The summed E-state index contributed by atoms with van der Waals surface area (Å²) in [6, 6.07) is 21.1. The molecule has 0 saturated heterocycles. The van der Waals surface area contributed by atoms with Crippen LogP contribution in [0, 0.1) is 0 Å². The van der Waals surface area contributed by atoms with Crippen LogP contribution in [0.3, 0.4) is 0 Å². The molecular weight excluding hydrogens is 438 g/mol. The number of hydrogen-bond acceptors (Lipinski definition) is 4. The third kappa shape index (κ3) is 6.50. The van der Waals surface area contributed by atoms with Gasteiger partial charge in [0.15, 0.2) is 0 Å². The maximum absolute atomic E-state index is 12.8. The van der Waals surface area contributed by atoms with Crippen LogP contribution in [0.1, 0.15) is 72.9 Å². The Kier molecular flexibility index (Phi) is 8.34. The average Bonchev–Trinajstić information content (AvgIpc) is 2.84. The van der Waals surface area contributed by atoms with Gasteiger partial charge in [-0.15, -0.1) is 0 Å². The number of benzene rings is 3. The van der Waals surface area contributed by atoms with Crippen LogP contribution in [0.25, 0.3) is 11.1 Å². The Morgan fingerprint density at radius 1 is 0.971 bits per heavy atom. The van der Waals surface area contributed by atoms with Gasteiger partial charge in [-0.05, 0) is 86.2 Å². The number of esters is 1. The normalized spacial score (nSPS) is 12.8. The van der Waals surface area contributed by atoms with Crippen molar-refractivity contribution in [1.82, 2.24) is 0 Å². The first-order valence-corrected chi connectivity index (χ1v) is 12.2. The summed E-state index contributed by atoms with van der Waals surface area (Å²) in [4.78, 5) is 26.4. The summed E-state index contributed by atoms with van der Waals surface area (Å²) in [5, 5.41) is 9.30. The largest absolute Gasteiger partial charge is 0.478 e. The van der Waals surface area contributed by atoms with Crippen LogP contribution < -0.4 is 4.90 Å². The van der Waals surface area contributed by atoms with Gasteiger partial charge in [0.2, 0.25) is 0 Å². The Bertz CT molecular complexity index is 1190. The van der Waals surface area contributed by atoms with Crippen LogP contribution in [0.15, 0.2) is 66.7 Å². The van der Waals surface area contributed by atoms with E-state index in [0.717, 1.165) is 47.3 Å². The lowest BCUT2D eigenvalue weighted by Crippen LogP contribution is -2.29. The third-order valence-corrected chi connectivity index (χ3v) is 5.70. The fourth-order valence-corrected chi connectivity index (χ4v) is 4.28. The van der Waals surface area contributed by atoms with Crippen molar-refractivity contribution >= 4 is 17.6 Å². The molecule has 0 aromatic heterocycles. The van der Waals surface area contributed by atoms with Crippen molar-refractivity contribution in [1.29, 1.82) is 0 Å². The number of carbonyl (C=O) groups excluding carboxylic acids is 1. The second kappa shape index (κ2) is 11.2. The van der Waals surface area contributed by atoms with Crippen LogP contribution in [0.5, 0.6) is 0 Å². The van der Waals surface area contributed by atoms with Gasteiger partial charge < -0.3 is 14.7 Å². The highest BCUT2D eigenvalue weighted by atomic mass is 16.6. The molecule has 0 amide bonds. The molecule has 0 bridgehead atoms. The van der Waals surface area contributed by atoms with E-state index >= 15 is 0 Å². The lowest BCUT2D eigenvalue weighted by molar-refractivity contribution is 0.00702. The quantitative estimate of drug-likeness (QED) is 0.405. The predicted octanol–water partition coefficient (Wildman–Crippen LogP) is 6.99. The van der Waals surface area contributed by atoms with Crippen molar-refractivity contribution in [2.24, 2.45) is 0 Å². The van der Waals surface area contributed by atoms with E-state index in [4.69, 9.17) is 4.74 Å². The molecule has 35 heavy (non-hydrogen) atoms. The maximum atomic E-state index is 12.8. The van der Waals surface area contributed by atoms with Gasteiger partial charge in [-0.2, -0.15) is 0 Å². The standard InChI is InChI=1S/C28H29NO4.C2H6/c1-28(2,3)33-27(32)24-12-5-4-11-23(24)20-9-6-8-19(16-20)18-29-15-7-10-21-17-22(26(30)31)13-14-25(21)29;1-2/h4-6,8-9,11-14,16-17H,7,10,15,18H2,1-3H3,(H,30,31);1-2H3. The molecule has 0 unspecified atom stereocenters. The molecule has 1 heterocycles. The molecule has 4 rings (SSSR count). The number of aryl methyl sites for hydroxylation is 1. The zero-order valence-corrected chi connectivity index (χ0v) is 21.3. The van der Waals surface area contributed by atoms with E-state index in [9.17, 15) is 14.7 Å². The monoisotopic (exact) mass is 473 g/mol. The summed E-state index contributed by atoms with van der Waals surface area (Å²) in [5.41, 5.74) is 5.42. The van der Waals surface area contributed by atoms with Crippen molar-refractivity contribution in [3.63, 3.8) is 0 Å². The summed E-state index contributed by atoms with van der Waals surface area (Å²) in [6.45, 7) is 11.2. The Labute approximate surface area is 208 Å². The van der Waals surface area contributed by atoms with Gasteiger partial charge in [0.25, 0.3) is 0 Å². The minimum absolute atomic E-state index is 0.330. The lowest BCUT2D eigenvalue weighted by atomic mass is 9.96. The fraction of sp³-hybridized carbons (Fsp3) is 0.333. The number of fused-ring (bicyclic) bond motifs is 1. The van der Waals surface area contributed by atoms with E-state index in [0.29, 0.717) is 17.7 Å². The van der Waals surface area contributed by atoms with Gasteiger partial charge in [0.1, 0.15) is 5.60 Å². The summed E-state index contributed by atoms with van der Waals surface area (Å²) >= 11 is 0. The highest BCUT2D eigenvalue weighted by Crippen LogP contribution is 2.31. The van der Waals surface area contributed by atoms with Crippen LogP contribution in [0.2, 0.25) is 0 Å². The number of carboxylic acids is 1. The van der Waals surface area contributed by atoms with Crippen molar-refractivity contribution in [3.8, 4) is 11.1 Å². The molecule has 3 aromatic carbocycles. The summed E-state index contributed by atoms with van der Waals surface area (Å²) in [7, 11) is 0. The number of carbonyl (C=O) groups is 2. The number of anilines is 1. The number of aromatic carboxylic acids is 1. The smallest absolute Gasteiger partial charge is 0.339 e. The molecule has 3 aromatic rings. The molecule has 1 aliphatic heterocycles. The van der Waals surface area contributed by atoms with Gasteiger partial charge in [-0.1, -0.05) is 50.2 Å². The van der Waals surface area contributed by atoms with Gasteiger partial charge >= 0.3 is 11.9 Å².